The van der Waals surface area contributed by atoms with Gasteiger partial charge in [-0.3, -0.25) is 16.0 Å². The van der Waals surface area contributed by atoms with Crippen LogP contribution < -0.4 is 11.3 Å². The van der Waals surface area contributed by atoms with Gasteiger partial charge < -0.3 is 4.74 Å². The normalized spacial score (nSPS) is 25.9. The Balaban J connectivity index is 2.35. The van der Waals surface area contributed by atoms with Crippen LogP contribution in [0.4, 0.5) is 0 Å². The van der Waals surface area contributed by atoms with Crippen LogP contribution in [0.5, 0.6) is 0 Å². The lowest BCUT2D eigenvalue weighted by molar-refractivity contribution is 0.0941. The van der Waals surface area contributed by atoms with Crippen LogP contribution in [0.25, 0.3) is 0 Å². The second-order valence-corrected chi connectivity index (χ2v) is 5.50. The number of halogens is 1. The zero-order valence-electron chi connectivity index (χ0n) is 11.1. The number of hydrogen-bond acceptors (Lipinski definition) is 4. The number of nitrogens with zero attached hydrogens (tertiary/aromatic N) is 2. The van der Waals surface area contributed by atoms with Crippen molar-refractivity contribution in [1.82, 2.24) is 15.2 Å². The van der Waals surface area contributed by atoms with E-state index in [1.807, 2.05) is 4.68 Å². The minimum absolute atomic E-state index is 0.0279. The summed E-state index contributed by atoms with van der Waals surface area (Å²) in [5, 5.41) is 4.99. The van der Waals surface area contributed by atoms with Crippen molar-refractivity contribution in [3.8, 4) is 0 Å². The summed E-state index contributed by atoms with van der Waals surface area (Å²) in [5.41, 5.74) is 3.84. The first-order chi connectivity index (χ1) is 8.56. The minimum Gasteiger partial charge on any atom is -0.378 e. The summed E-state index contributed by atoms with van der Waals surface area (Å²) in [6.45, 7) is 7.01. The Bertz CT molecular complexity index is 407. The molecule has 3 unspecified atom stereocenters. The fourth-order valence-corrected chi connectivity index (χ4v) is 2.89. The van der Waals surface area contributed by atoms with Gasteiger partial charge in [0, 0.05) is 18.6 Å². The van der Waals surface area contributed by atoms with Crippen molar-refractivity contribution >= 4 is 11.6 Å². The highest BCUT2D eigenvalue weighted by Crippen LogP contribution is 2.36. The van der Waals surface area contributed by atoms with E-state index >= 15 is 0 Å². The number of nitrogens with one attached hydrogen (secondary N) is 1. The van der Waals surface area contributed by atoms with E-state index in [9.17, 15) is 0 Å². The molecule has 1 aromatic heterocycles. The predicted molar refractivity (Wildman–Crippen MR) is 71.2 cm³/mol. The molecule has 1 fully saturated rings. The largest absolute Gasteiger partial charge is 0.378 e. The molecular weight excluding hydrogens is 252 g/mol. The fraction of sp³-hybridized carbons (Fsp3) is 0.750. The first-order valence-corrected chi connectivity index (χ1v) is 6.74. The molecule has 1 saturated heterocycles. The molecule has 0 bridgehead atoms. The molecule has 0 aliphatic carbocycles. The lowest BCUT2D eigenvalue weighted by atomic mass is 9.91. The number of rotatable bonds is 4. The van der Waals surface area contributed by atoms with Gasteiger partial charge in [0.25, 0.3) is 0 Å². The first-order valence-electron chi connectivity index (χ1n) is 6.37. The molecule has 1 aromatic rings. The Morgan fingerprint density at radius 1 is 1.61 bits per heavy atom. The zero-order chi connectivity index (χ0) is 13.3. The molecule has 3 atom stereocenters. The molecule has 0 radical (unpaired) electrons. The summed E-state index contributed by atoms with van der Waals surface area (Å²) in [5.74, 6) is 6.06. The van der Waals surface area contributed by atoms with E-state index < -0.39 is 0 Å². The van der Waals surface area contributed by atoms with E-state index in [1.165, 1.54) is 0 Å². The second kappa shape index (κ2) is 5.57. The maximum Gasteiger partial charge on any atom is 0.0834 e. The van der Waals surface area contributed by atoms with Gasteiger partial charge >= 0.3 is 0 Å². The van der Waals surface area contributed by atoms with Gasteiger partial charge in [-0.05, 0) is 27.2 Å². The monoisotopic (exact) mass is 272 g/mol. The molecule has 1 aliphatic heterocycles. The lowest BCUT2D eigenvalue weighted by Crippen LogP contribution is -2.38. The number of ether oxygens (including phenoxy) is 1. The van der Waals surface area contributed by atoms with Gasteiger partial charge in [0.1, 0.15) is 0 Å². The van der Waals surface area contributed by atoms with Crippen LogP contribution in [0, 0.1) is 5.92 Å². The van der Waals surface area contributed by atoms with Gasteiger partial charge in [0.2, 0.25) is 0 Å². The Morgan fingerprint density at radius 3 is 2.83 bits per heavy atom. The molecule has 5 nitrogen and oxygen atoms in total. The third-order valence-corrected chi connectivity index (χ3v) is 3.90. The molecule has 102 valence electrons. The molecule has 0 amide bonds. The summed E-state index contributed by atoms with van der Waals surface area (Å²) in [4.78, 5) is 0. The smallest absolute Gasteiger partial charge is 0.0834 e. The van der Waals surface area contributed by atoms with Gasteiger partial charge in [-0.25, -0.2) is 0 Å². The van der Waals surface area contributed by atoms with E-state index in [2.05, 4.69) is 31.3 Å². The summed E-state index contributed by atoms with van der Waals surface area (Å²) >= 11 is 6.27. The highest BCUT2D eigenvalue weighted by atomic mass is 35.5. The molecule has 0 saturated carbocycles. The molecule has 2 heterocycles. The summed E-state index contributed by atoms with van der Waals surface area (Å²) < 4.78 is 7.55. The van der Waals surface area contributed by atoms with E-state index in [0.29, 0.717) is 10.9 Å². The quantitative estimate of drug-likeness (QED) is 0.650. The average Bonchev–Trinajstić information content (AvgIpc) is 2.89. The van der Waals surface area contributed by atoms with Crippen molar-refractivity contribution in [2.45, 2.75) is 45.4 Å². The zero-order valence-corrected chi connectivity index (χ0v) is 11.8. The van der Waals surface area contributed by atoms with Gasteiger partial charge in [-0.2, -0.15) is 5.10 Å². The van der Waals surface area contributed by atoms with Crippen molar-refractivity contribution in [1.29, 1.82) is 0 Å². The van der Waals surface area contributed by atoms with Crippen LogP contribution in [0.3, 0.4) is 0 Å². The summed E-state index contributed by atoms with van der Waals surface area (Å²) in [6.07, 6.45) is 2.84. The molecule has 0 spiro atoms. The van der Waals surface area contributed by atoms with Crippen LogP contribution in [0.1, 0.15) is 45.0 Å². The van der Waals surface area contributed by atoms with Crippen LogP contribution in [-0.4, -0.2) is 22.5 Å². The van der Waals surface area contributed by atoms with E-state index in [1.54, 1.807) is 6.20 Å². The van der Waals surface area contributed by atoms with Gasteiger partial charge in [-0.15, -0.1) is 0 Å². The molecule has 3 N–H and O–H groups in total. The third-order valence-electron chi connectivity index (χ3n) is 3.61. The second-order valence-electron chi connectivity index (χ2n) is 5.09. The molecule has 2 rings (SSSR count). The highest BCUT2D eigenvalue weighted by molar-refractivity contribution is 6.31. The predicted octanol–water partition coefficient (Wildman–Crippen LogP) is 2.05. The highest BCUT2D eigenvalue weighted by Gasteiger charge is 2.35. The number of hydrazine groups is 1. The number of hydrogen-bond donors (Lipinski definition) is 2. The van der Waals surface area contributed by atoms with Crippen molar-refractivity contribution in [3.05, 3.63) is 16.9 Å². The SMILES string of the molecule is CC1OCCC1C(NN)c1c(Cl)cnn1C(C)C. The Labute approximate surface area is 113 Å². The maximum atomic E-state index is 6.27. The first kappa shape index (κ1) is 13.8. The van der Waals surface area contributed by atoms with Gasteiger partial charge in [-0.1, -0.05) is 11.6 Å². The van der Waals surface area contributed by atoms with Crippen LogP contribution in [0.15, 0.2) is 6.20 Å². The van der Waals surface area contributed by atoms with Crippen LogP contribution >= 0.6 is 11.6 Å². The number of aromatic nitrogens is 2. The molecule has 1 aliphatic rings. The Hall–Kier alpha value is -0.620. The fourth-order valence-electron chi connectivity index (χ4n) is 2.64. The van der Waals surface area contributed by atoms with Gasteiger partial charge in [0.05, 0.1) is 29.1 Å². The van der Waals surface area contributed by atoms with Crippen molar-refractivity contribution in [3.63, 3.8) is 0 Å². The number of nitrogens with two attached hydrogens (primary N) is 1. The van der Waals surface area contributed by atoms with Crippen molar-refractivity contribution in [2.24, 2.45) is 11.8 Å². The van der Waals surface area contributed by atoms with Crippen LogP contribution in [-0.2, 0) is 4.74 Å². The standard InChI is InChI=1S/C12H21ClN4O/c1-7(2)17-12(10(13)6-15-17)11(16-14)9-4-5-18-8(9)3/h6-9,11,16H,4-5,14H2,1-3H3. The lowest BCUT2D eigenvalue weighted by Gasteiger charge is -2.27. The van der Waals surface area contributed by atoms with Crippen molar-refractivity contribution in [2.75, 3.05) is 6.61 Å². The maximum absolute atomic E-state index is 6.27. The van der Waals surface area contributed by atoms with E-state index in [4.69, 9.17) is 22.2 Å². The van der Waals surface area contributed by atoms with Crippen molar-refractivity contribution < 1.29 is 4.74 Å². The Kier molecular flexibility index (Phi) is 4.27. The molecule has 6 heteroatoms. The third kappa shape index (κ3) is 2.40. The minimum atomic E-state index is -0.0279. The Morgan fingerprint density at radius 2 is 2.33 bits per heavy atom. The van der Waals surface area contributed by atoms with Gasteiger partial charge in [0.15, 0.2) is 0 Å². The van der Waals surface area contributed by atoms with Crippen LogP contribution in [0.2, 0.25) is 5.02 Å². The molecule has 0 aromatic carbocycles. The average molecular weight is 273 g/mol. The molecule has 18 heavy (non-hydrogen) atoms. The van der Waals surface area contributed by atoms with E-state index in [0.717, 1.165) is 18.7 Å². The van der Waals surface area contributed by atoms with E-state index in [-0.39, 0.29) is 18.2 Å². The topological polar surface area (TPSA) is 65.1 Å². The molecular formula is C12H21ClN4O. The summed E-state index contributed by atoms with van der Waals surface area (Å²) in [6, 6.07) is 0.223. The summed E-state index contributed by atoms with van der Waals surface area (Å²) in [7, 11) is 0.